The van der Waals surface area contributed by atoms with Gasteiger partial charge in [0.2, 0.25) is 0 Å². The van der Waals surface area contributed by atoms with Gasteiger partial charge in [0.15, 0.2) is 11.6 Å². The van der Waals surface area contributed by atoms with Crippen molar-refractivity contribution < 1.29 is 13.5 Å². The van der Waals surface area contributed by atoms with Crippen LogP contribution in [0, 0.1) is 11.6 Å². The van der Waals surface area contributed by atoms with Crippen molar-refractivity contribution in [2.75, 3.05) is 6.54 Å². The molecule has 1 N–H and O–H groups in total. The average Bonchev–Trinajstić information content (AvgIpc) is 2.44. The van der Waals surface area contributed by atoms with Crippen molar-refractivity contribution in [1.29, 1.82) is 0 Å². The second kappa shape index (κ2) is 7.38. The fourth-order valence-corrected chi connectivity index (χ4v) is 2.03. The van der Waals surface area contributed by atoms with Gasteiger partial charge in [0.25, 0.3) is 0 Å². The van der Waals surface area contributed by atoms with Crippen LogP contribution in [0.4, 0.5) is 8.78 Å². The molecule has 0 heterocycles. The third kappa shape index (κ3) is 4.41. The zero-order valence-corrected chi connectivity index (χ0v) is 12.4. The first kappa shape index (κ1) is 15.7. The predicted octanol–water partition coefficient (Wildman–Crippen LogP) is 4.91. The lowest BCUT2D eigenvalue weighted by atomic mass is 10.2. The fourth-order valence-electron chi connectivity index (χ4n) is 1.82. The van der Waals surface area contributed by atoms with E-state index in [-0.39, 0.29) is 16.5 Å². The number of hydrogen-bond acceptors (Lipinski definition) is 2. The van der Waals surface area contributed by atoms with Gasteiger partial charge in [-0.15, -0.1) is 0 Å². The van der Waals surface area contributed by atoms with Gasteiger partial charge in [0, 0.05) is 6.54 Å². The maximum Gasteiger partial charge on any atom is 0.166 e. The van der Waals surface area contributed by atoms with E-state index in [1.807, 2.05) is 0 Å². The van der Waals surface area contributed by atoms with Gasteiger partial charge in [-0.05, 0) is 48.9 Å². The topological polar surface area (TPSA) is 21.3 Å². The molecule has 2 aromatic rings. The molecule has 0 fully saturated rings. The molecule has 0 aliphatic heterocycles. The van der Waals surface area contributed by atoms with Crippen LogP contribution in [0.1, 0.15) is 18.9 Å². The van der Waals surface area contributed by atoms with E-state index in [1.54, 1.807) is 6.07 Å². The van der Waals surface area contributed by atoms with Gasteiger partial charge in [0.05, 0.1) is 5.02 Å². The Morgan fingerprint density at radius 1 is 1.10 bits per heavy atom. The summed E-state index contributed by atoms with van der Waals surface area (Å²) < 4.78 is 32.3. The third-order valence-electron chi connectivity index (χ3n) is 2.87. The quantitative estimate of drug-likeness (QED) is 0.765. The molecule has 0 bridgehead atoms. The average molecular weight is 312 g/mol. The second-order valence-corrected chi connectivity index (χ2v) is 5.03. The summed E-state index contributed by atoms with van der Waals surface area (Å²) in [5.74, 6) is -0.673. The standard InChI is InChI=1S/C16H16ClF2NO/c1-2-7-20-10-11-3-5-16(14(19)8-11)21-15-6-4-12(18)9-13(15)17/h3-6,8-9,20H,2,7,10H2,1H3. The highest BCUT2D eigenvalue weighted by atomic mass is 35.5. The molecule has 0 atom stereocenters. The number of ether oxygens (including phenoxy) is 1. The lowest BCUT2D eigenvalue weighted by Crippen LogP contribution is -2.13. The minimum atomic E-state index is -0.480. The molecule has 0 amide bonds. The van der Waals surface area contributed by atoms with Gasteiger partial charge in [-0.2, -0.15) is 0 Å². The largest absolute Gasteiger partial charge is 0.453 e. The van der Waals surface area contributed by atoms with Crippen molar-refractivity contribution in [2.24, 2.45) is 0 Å². The molecule has 0 saturated heterocycles. The van der Waals surface area contributed by atoms with Gasteiger partial charge < -0.3 is 10.1 Å². The smallest absolute Gasteiger partial charge is 0.166 e. The summed E-state index contributed by atoms with van der Waals surface area (Å²) in [7, 11) is 0. The van der Waals surface area contributed by atoms with Crippen LogP contribution in [0.2, 0.25) is 5.02 Å². The highest BCUT2D eigenvalue weighted by Crippen LogP contribution is 2.31. The summed E-state index contributed by atoms with van der Waals surface area (Å²) >= 11 is 5.85. The number of benzene rings is 2. The summed E-state index contributed by atoms with van der Waals surface area (Å²) in [6.07, 6.45) is 1.02. The Balaban J connectivity index is 2.10. The van der Waals surface area contributed by atoms with E-state index in [9.17, 15) is 8.78 Å². The highest BCUT2D eigenvalue weighted by Gasteiger charge is 2.09. The molecule has 0 spiro atoms. The van der Waals surface area contributed by atoms with Crippen LogP contribution in [0.3, 0.4) is 0 Å². The Bertz CT molecular complexity index is 619. The van der Waals surface area contributed by atoms with E-state index in [4.69, 9.17) is 16.3 Å². The van der Waals surface area contributed by atoms with Crippen molar-refractivity contribution in [3.05, 3.63) is 58.6 Å². The normalized spacial score (nSPS) is 10.7. The second-order valence-electron chi connectivity index (χ2n) is 4.62. The van der Waals surface area contributed by atoms with Crippen LogP contribution in [0.15, 0.2) is 36.4 Å². The van der Waals surface area contributed by atoms with Crippen LogP contribution in [-0.2, 0) is 6.54 Å². The first-order valence-corrected chi connectivity index (χ1v) is 7.10. The maximum absolute atomic E-state index is 14.0. The SMILES string of the molecule is CCCNCc1ccc(Oc2ccc(F)cc2Cl)c(F)c1. The summed E-state index contributed by atoms with van der Waals surface area (Å²) in [6, 6.07) is 8.43. The van der Waals surface area contributed by atoms with Gasteiger partial charge in [-0.25, -0.2) is 8.78 Å². The van der Waals surface area contributed by atoms with Gasteiger partial charge >= 0.3 is 0 Å². The van der Waals surface area contributed by atoms with E-state index in [0.717, 1.165) is 24.6 Å². The molecule has 2 nitrogen and oxygen atoms in total. The summed E-state index contributed by atoms with van der Waals surface area (Å²) in [5, 5.41) is 3.29. The maximum atomic E-state index is 14.0. The molecule has 0 aromatic heterocycles. The Labute approximate surface area is 127 Å². The predicted molar refractivity (Wildman–Crippen MR) is 79.9 cm³/mol. The zero-order chi connectivity index (χ0) is 15.2. The third-order valence-corrected chi connectivity index (χ3v) is 3.16. The Hall–Kier alpha value is -1.65. The minimum Gasteiger partial charge on any atom is -0.453 e. The molecule has 0 saturated carbocycles. The number of halogens is 3. The lowest BCUT2D eigenvalue weighted by Gasteiger charge is -2.10. The van der Waals surface area contributed by atoms with Crippen LogP contribution in [-0.4, -0.2) is 6.54 Å². The monoisotopic (exact) mass is 311 g/mol. The van der Waals surface area contributed by atoms with E-state index in [2.05, 4.69) is 12.2 Å². The van der Waals surface area contributed by atoms with E-state index < -0.39 is 11.6 Å². The number of hydrogen-bond donors (Lipinski definition) is 1. The molecule has 112 valence electrons. The molecule has 2 rings (SSSR count). The molecule has 0 aliphatic carbocycles. The Morgan fingerprint density at radius 3 is 2.52 bits per heavy atom. The number of rotatable bonds is 6. The van der Waals surface area contributed by atoms with Crippen molar-refractivity contribution in [1.82, 2.24) is 5.32 Å². The van der Waals surface area contributed by atoms with Crippen LogP contribution in [0.5, 0.6) is 11.5 Å². The lowest BCUT2D eigenvalue weighted by molar-refractivity contribution is 0.440. The van der Waals surface area contributed by atoms with E-state index in [1.165, 1.54) is 24.3 Å². The molecule has 0 unspecified atom stereocenters. The van der Waals surface area contributed by atoms with Crippen LogP contribution in [0.25, 0.3) is 0 Å². The first-order chi connectivity index (χ1) is 10.1. The van der Waals surface area contributed by atoms with E-state index >= 15 is 0 Å². The van der Waals surface area contributed by atoms with Crippen molar-refractivity contribution in [3.63, 3.8) is 0 Å². The minimum absolute atomic E-state index is 0.0581. The molecule has 5 heteroatoms. The van der Waals surface area contributed by atoms with Gasteiger partial charge in [0.1, 0.15) is 11.6 Å². The Kier molecular flexibility index (Phi) is 5.53. The first-order valence-electron chi connectivity index (χ1n) is 6.72. The van der Waals surface area contributed by atoms with Crippen LogP contribution >= 0.6 is 11.6 Å². The molecular formula is C16H16ClF2NO. The summed E-state index contributed by atoms with van der Waals surface area (Å²) in [6.45, 7) is 3.55. The zero-order valence-electron chi connectivity index (χ0n) is 11.6. The molecule has 0 radical (unpaired) electrons. The summed E-state index contributed by atoms with van der Waals surface area (Å²) in [4.78, 5) is 0. The number of nitrogens with one attached hydrogen (secondary N) is 1. The fraction of sp³-hybridized carbons (Fsp3) is 0.250. The van der Waals surface area contributed by atoms with E-state index in [0.29, 0.717) is 6.54 Å². The van der Waals surface area contributed by atoms with Crippen LogP contribution < -0.4 is 10.1 Å². The van der Waals surface area contributed by atoms with Crippen molar-refractivity contribution >= 4 is 11.6 Å². The van der Waals surface area contributed by atoms with Gasteiger partial charge in [-0.3, -0.25) is 0 Å². The van der Waals surface area contributed by atoms with Gasteiger partial charge in [-0.1, -0.05) is 24.6 Å². The summed E-state index contributed by atoms with van der Waals surface area (Å²) in [5.41, 5.74) is 0.832. The molecule has 0 aliphatic rings. The van der Waals surface area contributed by atoms with Crippen molar-refractivity contribution in [3.8, 4) is 11.5 Å². The molecule has 2 aromatic carbocycles. The molecular weight excluding hydrogens is 296 g/mol. The molecule has 21 heavy (non-hydrogen) atoms. The highest BCUT2D eigenvalue weighted by molar-refractivity contribution is 6.32. The Morgan fingerprint density at radius 2 is 1.86 bits per heavy atom. The van der Waals surface area contributed by atoms with Crippen molar-refractivity contribution in [2.45, 2.75) is 19.9 Å².